The van der Waals surface area contributed by atoms with Gasteiger partial charge in [0.05, 0.1) is 5.60 Å². The average molecular weight is 245 g/mol. The lowest BCUT2D eigenvalue weighted by Gasteiger charge is -2.30. The highest BCUT2D eigenvalue weighted by molar-refractivity contribution is 7.99. The maximum absolute atomic E-state index is 10.3. The van der Waals surface area contributed by atoms with Crippen molar-refractivity contribution in [3.05, 3.63) is 0 Å². The van der Waals surface area contributed by atoms with Crippen LogP contribution in [0.5, 0.6) is 0 Å². The van der Waals surface area contributed by atoms with Gasteiger partial charge in [0.2, 0.25) is 0 Å². The molecule has 1 rings (SSSR count). The van der Waals surface area contributed by atoms with Crippen LogP contribution in [-0.4, -0.2) is 35.3 Å². The third-order valence-corrected chi connectivity index (χ3v) is 4.55. The van der Waals surface area contributed by atoms with Crippen LogP contribution in [0.1, 0.15) is 46.0 Å². The van der Waals surface area contributed by atoms with E-state index in [1.54, 1.807) is 0 Å². The minimum atomic E-state index is -0.492. The van der Waals surface area contributed by atoms with Crippen molar-refractivity contribution in [2.24, 2.45) is 5.92 Å². The van der Waals surface area contributed by atoms with E-state index in [2.05, 4.69) is 12.2 Å². The molecule has 1 fully saturated rings. The molecule has 1 atom stereocenters. The maximum atomic E-state index is 10.3. The summed E-state index contributed by atoms with van der Waals surface area (Å²) in [7, 11) is 0. The molecule has 0 saturated heterocycles. The third-order valence-electron chi connectivity index (χ3n) is 3.56. The van der Waals surface area contributed by atoms with Crippen LogP contribution < -0.4 is 5.32 Å². The van der Waals surface area contributed by atoms with Gasteiger partial charge < -0.3 is 10.4 Å². The van der Waals surface area contributed by atoms with Crippen LogP contribution in [0.2, 0.25) is 0 Å². The number of hydrogen-bond donors (Lipinski definition) is 2. The van der Waals surface area contributed by atoms with Gasteiger partial charge in [0.25, 0.3) is 0 Å². The number of aliphatic hydroxyl groups is 1. The molecule has 0 spiro atoms. The average Bonchev–Trinajstić information content (AvgIpc) is 2.77. The van der Waals surface area contributed by atoms with Crippen molar-refractivity contribution >= 4 is 11.8 Å². The molecule has 96 valence electrons. The summed E-state index contributed by atoms with van der Waals surface area (Å²) >= 11 is 1.99. The molecule has 2 nitrogen and oxygen atoms in total. The molecule has 0 aromatic rings. The molecule has 1 aliphatic carbocycles. The Morgan fingerprint density at radius 2 is 2.06 bits per heavy atom. The smallest absolute Gasteiger partial charge is 0.0771 e. The molecule has 0 radical (unpaired) electrons. The fraction of sp³-hybridized carbons (Fsp3) is 1.00. The molecule has 16 heavy (non-hydrogen) atoms. The van der Waals surface area contributed by atoms with Crippen molar-refractivity contribution in [2.75, 3.05) is 24.6 Å². The Hall–Kier alpha value is 0.270. The summed E-state index contributed by atoms with van der Waals surface area (Å²) in [6.07, 6.45) is 6.22. The molecular weight excluding hydrogens is 218 g/mol. The number of hydrogen-bond acceptors (Lipinski definition) is 3. The summed E-state index contributed by atoms with van der Waals surface area (Å²) in [5.74, 6) is 2.96. The standard InChI is InChI=1S/C13H27NOS/c1-3-16-10-6-9-14-11-13(2,15)12-7-4-5-8-12/h12,14-15H,3-11H2,1-2H3. The highest BCUT2D eigenvalue weighted by Gasteiger charge is 2.33. The second-order valence-electron chi connectivity index (χ2n) is 5.07. The lowest BCUT2D eigenvalue weighted by atomic mass is 9.88. The van der Waals surface area contributed by atoms with E-state index in [4.69, 9.17) is 0 Å². The van der Waals surface area contributed by atoms with Gasteiger partial charge in [0.1, 0.15) is 0 Å². The molecule has 1 aliphatic rings. The molecule has 0 aromatic carbocycles. The van der Waals surface area contributed by atoms with Gasteiger partial charge in [-0.05, 0) is 50.2 Å². The van der Waals surface area contributed by atoms with Crippen LogP contribution in [0.3, 0.4) is 0 Å². The second kappa shape index (κ2) is 7.57. The third kappa shape index (κ3) is 5.07. The fourth-order valence-corrected chi connectivity index (χ4v) is 3.11. The Morgan fingerprint density at radius 3 is 2.69 bits per heavy atom. The molecule has 3 heteroatoms. The molecule has 2 N–H and O–H groups in total. The second-order valence-corrected chi connectivity index (χ2v) is 6.46. The summed E-state index contributed by atoms with van der Waals surface area (Å²) in [4.78, 5) is 0. The molecule has 1 unspecified atom stereocenters. The lowest BCUT2D eigenvalue weighted by molar-refractivity contribution is 0.00263. The first-order chi connectivity index (χ1) is 7.67. The summed E-state index contributed by atoms with van der Waals surface area (Å²) in [6, 6.07) is 0. The van der Waals surface area contributed by atoms with Gasteiger partial charge in [-0.3, -0.25) is 0 Å². The first-order valence-corrected chi connectivity index (χ1v) is 7.83. The highest BCUT2D eigenvalue weighted by Crippen LogP contribution is 2.33. The van der Waals surface area contributed by atoms with Crippen molar-refractivity contribution in [3.63, 3.8) is 0 Å². The van der Waals surface area contributed by atoms with E-state index >= 15 is 0 Å². The van der Waals surface area contributed by atoms with Crippen molar-refractivity contribution in [1.82, 2.24) is 5.32 Å². The van der Waals surface area contributed by atoms with E-state index < -0.39 is 5.60 Å². The Balaban J connectivity index is 2.06. The van der Waals surface area contributed by atoms with Crippen molar-refractivity contribution in [3.8, 4) is 0 Å². The van der Waals surface area contributed by atoms with E-state index in [0.717, 1.165) is 13.1 Å². The predicted octanol–water partition coefficient (Wildman–Crippen LogP) is 2.66. The van der Waals surface area contributed by atoms with Crippen LogP contribution in [0.15, 0.2) is 0 Å². The van der Waals surface area contributed by atoms with Gasteiger partial charge >= 0.3 is 0 Å². The van der Waals surface area contributed by atoms with Crippen molar-refractivity contribution < 1.29 is 5.11 Å². The van der Waals surface area contributed by atoms with E-state index in [-0.39, 0.29) is 0 Å². The Kier molecular flexibility index (Phi) is 6.78. The number of nitrogens with one attached hydrogen (secondary N) is 1. The van der Waals surface area contributed by atoms with E-state index in [1.807, 2.05) is 18.7 Å². The zero-order valence-electron chi connectivity index (χ0n) is 10.8. The van der Waals surface area contributed by atoms with Crippen molar-refractivity contribution in [2.45, 2.75) is 51.6 Å². The fourth-order valence-electron chi connectivity index (χ4n) is 2.48. The SMILES string of the molecule is CCSCCCNCC(C)(O)C1CCCC1. The lowest BCUT2D eigenvalue weighted by Crippen LogP contribution is -2.43. The number of thioether (sulfide) groups is 1. The van der Waals surface area contributed by atoms with Crippen LogP contribution in [-0.2, 0) is 0 Å². The Bertz CT molecular complexity index is 179. The van der Waals surface area contributed by atoms with Crippen molar-refractivity contribution in [1.29, 1.82) is 0 Å². The molecule has 1 saturated carbocycles. The summed E-state index contributed by atoms with van der Waals surface area (Å²) in [5.41, 5.74) is -0.492. The summed E-state index contributed by atoms with van der Waals surface area (Å²) in [5, 5.41) is 13.7. The molecule has 0 amide bonds. The molecular formula is C13H27NOS. The van der Waals surface area contributed by atoms with E-state index in [9.17, 15) is 5.11 Å². The van der Waals surface area contributed by atoms with Gasteiger partial charge in [0, 0.05) is 6.54 Å². The Morgan fingerprint density at radius 1 is 1.38 bits per heavy atom. The van der Waals surface area contributed by atoms with Crippen LogP contribution in [0.4, 0.5) is 0 Å². The molecule has 0 bridgehead atoms. The minimum absolute atomic E-state index is 0.492. The van der Waals surface area contributed by atoms with Gasteiger partial charge in [0.15, 0.2) is 0 Å². The summed E-state index contributed by atoms with van der Waals surface area (Å²) in [6.45, 7) is 5.99. The Labute approximate surface area is 105 Å². The van der Waals surface area contributed by atoms with Gasteiger partial charge in [-0.1, -0.05) is 19.8 Å². The first kappa shape index (κ1) is 14.3. The monoisotopic (exact) mass is 245 g/mol. The molecule has 0 aliphatic heterocycles. The summed E-state index contributed by atoms with van der Waals surface area (Å²) < 4.78 is 0. The normalized spacial score (nSPS) is 21.2. The van der Waals surface area contributed by atoms with Crippen LogP contribution in [0.25, 0.3) is 0 Å². The van der Waals surface area contributed by atoms with Gasteiger partial charge in [-0.15, -0.1) is 0 Å². The largest absolute Gasteiger partial charge is 0.389 e. The van der Waals surface area contributed by atoms with E-state index in [1.165, 1.54) is 43.6 Å². The number of rotatable bonds is 8. The first-order valence-electron chi connectivity index (χ1n) is 6.67. The predicted molar refractivity (Wildman–Crippen MR) is 73.1 cm³/mol. The van der Waals surface area contributed by atoms with Gasteiger partial charge in [-0.2, -0.15) is 11.8 Å². The zero-order chi connectivity index (χ0) is 11.9. The topological polar surface area (TPSA) is 32.3 Å². The van der Waals surface area contributed by atoms with Gasteiger partial charge in [-0.25, -0.2) is 0 Å². The minimum Gasteiger partial charge on any atom is -0.389 e. The van der Waals surface area contributed by atoms with Crippen LogP contribution >= 0.6 is 11.8 Å². The van der Waals surface area contributed by atoms with Crippen LogP contribution in [0, 0.1) is 5.92 Å². The maximum Gasteiger partial charge on any atom is 0.0771 e. The highest BCUT2D eigenvalue weighted by atomic mass is 32.2. The van der Waals surface area contributed by atoms with E-state index in [0.29, 0.717) is 5.92 Å². The molecule has 0 aromatic heterocycles. The quantitative estimate of drug-likeness (QED) is 0.645. The molecule has 0 heterocycles. The zero-order valence-corrected chi connectivity index (χ0v) is 11.6.